The lowest BCUT2D eigenvalue weighted by atomic mass is 10.1. The molecule has 1 fully saturated rings. The van der Waals surface area contributed by atoms with E-state index >= 15 is 0 Å². The van der Waals surface area contributed by atoms with Crippen molar-refractivity contribution in [1.29, 1.82) is 0 Å². The molecular formula is C19H20N2O4S. The monoisotopic (exact) mass is 372 g/mol. The van der Waals surface area contributed by atoms with Crippen LogP contribution in [0.1, 0.15) is 23.7 Å². The smallest absolute Gasteiger partial charge is 0.286 e. The predicted octanol–water partition coefficient (Wildman–Crippen LogP) is 2.40. The Labute approximate surface area is 156 Å². The Morgan fingerprint density at radius 3 is 2.50 bits per heavy atom. The third kappa shape index (κ3) is 4.54. The summed E-state index contributed by atoms with van der Waals surface area (Å²) < 4.78 is 6.59. The van der Waals surface area contributed by atoms with Gasteiger partial charge in [0.25, 0.3) is 5.24 Å². The lowest BCUT2D eigenvalue weighted by molar-refractivity contribution is -0.614. The molecule has 0 radical (unpaired) electrons. The maximum Gasteiger partial charge on any atom is 0.286 e. The minimum atomic E-state index is -0.368. The molecule has 1 N–H and O–H groups in total. The maximum atomic E-state index is 11.9. The van der Waals surface area contributed by atoms with Gasteiger partial charge in [-0.05, 0) is 36.6 Å². The number of nitrogens with one attached hydrogen (secondary N) is 1. The zero-order chi connectivity index (χ0) is 18.5. The average Bonchev–Trinajstić information content (AvgIpc) is 2.95. The Hall–Kier alpha value is -2.54. The lowest BCUT2D eigenvalue weighted by Crippen LogP contribution is -2.32. The Balaban J connectivity index is 1.50. The second-order valence-electron chi connectivity index (χ2n) is 6.04. The number of carbonyl (C=O) groups excluding carboxylic acids is 2. The number of nitrogens with zero attached hydrogens (tertiary/aromatic N) is 1. The number of carbonyl (C=O) groups is 2. The molecule has 0 bridgehead atoms. The fourth-order valence-corrected chi connectivity index (χ4v) is 3.55. The van der Waals surface area contributed by atoms with Crippen molar-refractivity contribution in [3.63, 3.8) is 0 Å². The molecule has 0 aliphatic carbocycles. The summed E-state index contributed by atoms with van der Waals surface area (Å²) >= 11 is 1.03. The topological polar surface area (TPSA) is 82.3 Å². The summed E-state index contributed by atoms with van der Waals surface area (Å²) in [7, 11) is 0. The van der Waals surface area contributed by atoms with Crippen LogP contribution in [0.25, 0.3) is 0 Å². The molecule has 2 amide bonds. The third-order valence-electron chi connectivity index (χ3n) is 4.20. The van der Waals surface area contributed by atoms with Gasteiger partial charge in [0.2, 0.25) is 5.91 Å². The van der Waals surface area contributed by atoms with E-state index in [0.717, 1.165) is 34.0 Å². The number of hydrogen-bond acceptors (Lipinski definition) is 5. The van der Waals surface area contributed by atoms with Crippen LogP contribution in [-0.4, -0.2) is 23.0 Å². The first kappa shape index (κ1) is 18.3. The first-order chi connectivity index (χ1) is 12.5. The van der Waals surface area contributed by atoms with E-state index in [0.29, 0.717) is 30.9 Å². The van der Waals surface area contributed by atoms with Crippen molar-refractivity contribution in [2.75, 3.05) is 6.61 Å². The predicted molar refractivity (Wildman–Crippen MR) is 99.0 cm³/mol. The van der Waals surface area contributed by atoms with Crippen LogP contribution in [-0.2, 0) is 24.1 Å². The number of amides is 2. The number of ether oxygens (including phenoxy) is 1. The number of pyridine rings is 1. The molecule has 7 heteroatoms. The average molecular weight is 372 g/mol. The molecule has 2 heterocycles. The molecule has 1 aromatic carbocycles. The minimum Gasteiger partial charge on any atom is -0.618 e. The van der Waals surface area contributed by atoms with E-state index in [4.69, 9.17) is 4.74 Å². The Bertz CT molecular complexity index is 808. The van der Waals surface area contributed by atoms with Crippen molar-refractivity contribution < 1.29 is 19.1 Å². The van der Waals surface area contributed by atoms with Gasteiger partial charge in [-0.15, -0.1) is 0 Å². The highest BCUT2D eigenvalue weighted by Crippen LogP contribution is 2.23. The van der Waals surface area contributed by atoms with Gasteiger partial charge in [-0.1, -0.05) is 30.8 Å². The second kappa shape index (κ2) is 8.23. The van der Waals surface area contributed by atoms with Gasteiger partial charge >= 0.3 is 0 Å². The molecule has 6 nitrogen and oxygen atoms in total. The zero-order valence-corrected chi connectivity index (χ0v) is 15.3. The normalized spacial score (nSPS) is 16.6. The summed E-state index contributed by atoms with van der Waals surface area (Å²) in [6, 6.07) is 11.2. The fraction of sp³-hybridized carbons (Fsp3) is 0.316. The first-order valence-corrected chi connectivity index (χ1v) is 9.37. The molecule has 0 saturated carbocycles. The van der Waals surface area contributed by atoms with E-state index < -0.39 is 0 Å². The summed E-state index contributed by atoms with van der Waals surface area (Å²) in [5.41, 5.74) is 2.65. The van der Waals surface area contributed by atoms with Crippen molar-refractivity contribution in [1.82, 2.24) is 5.32 Å². The van der Waals surface area contributed by atoms with E-state index in [1.807, 2.05) is 43.3 Å². The van der Waals surface area contributed by atoms with E-state index in [2.05, 4.69) is 5.32 Å². The van der Waals surface area contributed by atoms with Gasteiger partial charge in [-0.3, -0.25) is 14.9 Å². The van der Waals surface area contributed by atoms with Crippen LogP contribution in [0.4, 0.5) is 4.79 Å². The van der Waals surface area contributed by atoms with Crippen LogP contribution < -0.4 is 14.8 Å². The maximum absolute atomic E-state index is 11.9. The summed E-state index contributed by atoms with van der Waals surface area (Å²) in [6.07, 6.45) is 3.46. The summed E-state index contributed by atoms with van der Waals surface area (Å²) in [5.74, 6) is 0.469. The zero-order valence-electron chi connectivity index (χ0n) is 14.4. The van der Waals surface area contributed by atoms with Gasteiger partial charge in [0.05, 0.1) is 18.3 Å². The molecule has 1 atom stereocenters. The van der Waals surface area contributed by atoms with Crippen molar-refractivity contribution in [2.45, 2.75) is 31.4 Å². The van der Waals surface area contributed by atoms with E-state index in [-0.39, 0.29) is 16.4 Å². The van der Waals surface area contributed by atoms with E-state index in [1.165, 1.54) is 0 Å². The number of aromatic nitrogens is 1. The van der Waals surface area contributed by atoms with Gasteiger partial charge in [-0.25, -0.2) is 0 Å². The lowest BCUT2D eigenvalue weighted by Gasteiger charge is -2.09. The van der Waals surface area contributed by atoms with Crippen LogP contribution in [0.15, 0.2) is 42.6 Å². The molecular weight excluding hydrogens is 352 g/mol. The SMILES string of the molecule is CCc1ccc(CCOc2ccc(C[C@@H]3SC(=O)NC3=O)cc2)[n+]([O-])c1. The number of hydrogen-bond donors (Lipinski definition) is 1. The van der Waals surface area contributed by atoms with Crippen LogP contribution in [0.3, 0.4) is 0 Å². The Morgan fingerprint density at radius 2 is 1.88 bits per heavy atom. The minimum absolute atomic E-state index is 0.236. The fourth-order valence-electron chi connectivity index (χ4n) is 2.69. The molecule has 1 aliphatic heterocycles. The van der Waals surface area contributed by atoms with Crippen molar-refractivity contribution >= 4 is 22.9 Å². The number of rotatable bonds is 7. The third-order valence-corrected chi connectivity index (χ3v) is 5.18. The second-order valence-corrected chi connectivity index (χ2v) is 7.21. The van der Waals surface area contributed by atoms with Crippen molar-refractivity contribution in [3.05, 3.63) is 64.6 Å². The summed E-state index contributed by atoms with van der Waals surface area (Å²) in [5, 5.41) is 13.5. The molecule has 1 aromatic heterocycles. The molecule has 1 aliphatic rings. The number of benzene rings is 1. The van der Waals surface area contributed by atoms with Gasteiger partial charge in [-0.2, -0.15) is 4.73 Å². The van der Waals surface area contributed by atoms with Crippen LogP contribution in [0.5, 0.6) is 5.75 Å². The highest BCUT2D eigenvalue weighted by Gasteiger charge is 2.31. The largest absolute Gasteiger partial charge is 0.618 e. The van der Waals surface area contributed by atoms with Crippen LogP contribution in [0.2, 0.25) is 0 Å². The molecule has 2 aromatic rings. The van der Waals surface area contributed by atoms with E-state index in [1.54, 1.807) is 6.20 Å². The summed E-state index contributed by atoms with van der Waals surface area (Å²) in [6.45, 7) is 2.42. The standard InChI is InChI=1S/C19H20N2O4S/c1-2-13-3-6-15(21(24)12-13)9-10-25-16-7-4-14(5-8-16)11-17-18(22)20-19(23)26-17/h3-8,12,17H,2,9-11H2,1H3,(H,20,22,23)/t17-/m0/s1. The quantitative estimate of drug-likeness (QED) is 0.596. The molecule has 1 saturated heterocycles. The highest BCUT2D eigenvalue weighted by atomic mass is 32.2. The summed E-state index contributed by atoms with van der Waals surface area (Å²) in [4.78, 5) is 22.8. The molecule has 3 rings (SSSR count). The highest BCUT2D eigenvalue weighted by molar-refractivity contribution is 8.15. The van der Waals surface area contributed by atoms with Crippen LogP contribution in [0, 0.1) is 5.21 Å². The van der Waals surface area contributed by atoms with E-state index in [9.17, 15) is 14.8 Å². The number of aryl methyl sites for hydroxylation is 1. The number of imide groups is 1. The van der Waals surface area contributed by atoms with Gasteiger partial charge in [0.15, 0.2) is 11.9 Å². The molecule has 0 spiro atoms. The van der Waals surface area contributed by atoms with Gasteiger partial charge < -0.3 is 9.94 Å². The Morgan fingerprint density at radius 1 is 1.15 bits per heavy atom. The first-order valence-electron chi connectivity index (χ1n) is 8.49. The van der Waals surface area contributed by atoms with Crippen molar-refractivity contribution in [2.24, 2.45) is 0 Å². The van der Waals surface area contributed by atoms with Crippen molar-refractivity contribution in [3.8, 4) is 5.75 Å². The molecule has 136 valence electrons. The van der Waals surface area contributed by atoms with Gasteiger partial charge in [0.1, 0.15) is 5.75 Å². The van der Waals surface area contributed by atoms with Crippen LogP contribution >= 0.6 is 11.8 Å². The number of thioether (sulfide) groups is 1. The molecule has 26 heavy (non-hydrogen) atoms. The molecule has 0 unspecified atom stereocenters. The van der Waals surface area contributed by atoms with Gasteiger partial charge in [0, 0.05) is 11.6 Å². The Kier molecular flexibility index (Phi) is 5.78.